The van der Waals surface area contributed by atoms with Gasteiger partial charge in [0, 0.05) is 29.9 Å². The van der Waals surface area contributed by atoms with Gasteiger partial charge in [-0.3, -0.25) is 0 Å². The zero-order chi connectivity index (χ0) is 16.1. The largest absolute Gasteiger partial charge is 0.461 e. The van der Waals surface area contributed by atoms with Crippen molar-refractivity contribution in [2.45, 2.75) is 20.8 Å². The SMILES string of the molecule is CCOC(=O)c1[nH]cc(-c2ccc(Cl)cc2)c1N(CC)CC. The highest BCUT2D eigenvalue weighted by atomic mass is 35.5. The number of esters is 1. The number of anilines is 1. The van der Waals surface area contributed by atoms with Crippen LogP contribution < -0.4 is 4.90 Å². The van der Waals surface area contributed by atoms with Crippen LogP contribution in [0.4, 0.5) is 5.69 Å². The number of carbonyl (C=O) groups excluding carboxylic acids is 1. The topological polar surface area (TPSA) is 45.3 Å². The Balaban J connectivity index is 2.54. The zero-order valence-corrected chi connectivity index (χ0v) is 13.9. The second-order valence-electron chi connectivity index (χ2n) is 4.83. The molecule has 2 aromatic rings. The third-order valence-electron chi connectivity index (χ3n) is 3.57. The lowest BCUT2D eigenvalue weighted by Gasteiger charge is -2.23. The number of ether oxygens (including phenoxy) is 1. The summed E-state index contributed by atoms with van der Waals surface area (Å²) in [5.74, 6) is -0.329. The van der Waals surface area contributed by atoms with Crippen LogP contribution in [0.1, 0.15) is 31.3 Å². The number of rotatable bonds is 6. The molecule has 0 radical (unpaired) electrons. The average molecular weight is 321 g/mol. The van der Waals surface area contributed by atoms with Crippen molar-refractivity contribution in [3.8, 4) is 11.1 Å². The highest BCUT2D eigenvalue weighted by molar-refractivity contribution is 6.30. The van der Waals surface area contributed by atoms with Crippen molar-refractivity contribution in [1.82, 2.24) is 4.98 Å². The number of aromatic nitrogens is 1. The molecule has 0 saturated carbocycles. The fourth-order valence-electron chi connectivity index (χ4n) is 2.49. The summed E-state index contributed by atoms with van der Waals surface area (Å²) in [6.45, 7) is 7.90. The van der Waals surface area contributed by atoms with Gasteiger partial charge in [-0.15, -0.1) is 0 Å². The summed E-state index contributed by atoms with van der Waals surface area (Å²) in [6, 6.07) is 7.60. The fourth-order valence-corrected chi connectivity index (χ4v) is 2.62. The smallest absolute Gasteiger partial charge is 0.356 e. The first-order valence-electron chi connectivity index (χ1n) is 7.51. The van der Waals surface area contributed by atoms with E-state index < -0.39 is 0 Å². The number of nitrogens with zero attached hydrogens (tertiary/aromatic N) is 1. The molecule has 0 saturated heterocycles. The number of carbonyl (C=O) groups is 1. The minimum absolute atomic E-state index is 0.329. The molecule has 118 valence electrons. The molecular weight excluding hydrogens is 300 g/mol. The van der Waals surface area contributed by atoms with Gasteiger partial charge in [-0.1, -0.05) is 23.7 Å². The lowest BCUT2D eigenvalue weighted by Crippen LogP contribution is -2.24. The lowest BCUT2D eigenvalue weighted by molar-refractivity contribution is 0.0521. The third-order valence-corrected chi connectivity index (χ3v) is 3.82. The van der Waals surface area contributed by atoms with Crippen LogP contribution in [-0.4, -0.2) is 30.6 Å². The predicted molar refractivity (Wildman–Crippen MR) is 90.8 cm³/mol. The molecule has 1 aromatic carbocycles. The van der Waals surface area contributed by atoms with Crippen LogP contribution in [0, 0.1) is 0 Å². The van der Waals surface area contributed by atoms with Crippen LogP contribution in [0.25, 0.3) is 11.1 Å². The number of H-pyrrole nitrogens is 1. The van der Waals surface area contributed by atoms with Crippen LogP contribution in [0.15, 0.2) is 30.5 Å². The molecular formula is C17H21ClN2O2. The van der Waals surface area contributed by atoms with E-state index >= 15 is 0 Å². The monoisotopic (exact) mass is 320 g/mol. The highest BCUT2D eigenvalue weighted by Crippen LogP contribution is 2.35. The maximum Gasteiger partial charge on any atom is 0.356 e. The van der Waals surface area contributed by atoms with Crippen LogP contribution in [-0.2, 0) is 4.74 Å². The Morgan fingerprint density at radius 3 is 2.36 bits per heavy atom. The number of halogens is 1. The van der Waals surface area contributed by atoms with Crippen LogP contribution >= 0.6 is 11.6 Å². The molecule has 4 nitrogen and oxygen atoms in total. The standard InChI is InChI=1S/C17H21ClN2O2/c1-4-20(5-2)16-14(12-7-9-13(18)10-8-12)11-19-15(16)17(21)22-6-3/h7-11,19H,4-6H2,1-3H3. The summed E-state index contributed by atoms with van der Waals surface area (Å²) in [4.78, 5) is 17.4. The summed E-state index contributed by atoms with van der Waals surface area (Å²) in [7, 11) is 0. The van der Waals surface area contributed by atoms with E-state index in [2.05, 4.69) is 23.7 Å². The molecule has 1 aromatic heterocycles. The molecule has 0 aliphatic heterocycles. The zero-order valence-electron chi connectivity index (χ0n) is 13.1. The molecule has 0 aliphatic rings. The second-order valence-corrected chi connectivity index (χ2v) is 5.26. The van der Waals surface area contributed by atoms with Crippen molar-refractivity contribution in [3.05, 3.63) is 41.2 Å². The minimum Gasteiger partial charge on any atom is -0.461 e. The maximum atomic E-state index is 12.2. The summed E-state index contributed by atoms with van der Waals surface area (Å²) < 4.78 is 5.16. The molecule has 2 rings (SSSR count). The Bertz CT molecular complexity index is 631. The summed E-state index contributed by atoms with van der Waals surface area (Å²) in [5, 5.41) is 0.689. The van der Waals surface area contributed by atoms with E-state index in [4.69, 9.17) is 16.3 Å². The van der Waals surface area contributed by atoms with Gasteiger partial charge in [-0.25, -0.2) is 4.79 Å². The Kier molecular flexibility index (Phi) is 5.50. The van der Waals surface area contributed by atoms with Crippen molar-refractivity contribution in [2.75, 3.05) is 24.6 Å². The van der Waals surface area contributed by atoms with Crippen LogP contribution in [0.5, 0.6) is 0 Å². The molecule has 0 atom stereocenters. The molecule has 0 unspecified atom stereocenters. The normalized spacial score (nSPS) is 10.5. The number of benzene rings is 1. The Labute approximate surface area is 136 Å². The molecule has 1 N–H and O–H groups in total. The summed E-state index contributed by atoms with van der Waals surface area (Å²) in [5.41, 5.74) is 3.36. The van der Waals surface area contributed by atoms with Gasteiger partial charge >= 0.3 is 5.97 Å². The van der Waals surface area contributed by atoms with Crippen molar-refractivity contribution < 1.29 is 9.53 Å². The second kappa shape index (κ2) is 7.36. The van der Waals surface area contributed by atoms with E-state index in [0.29, 0.717) is 17.3 Å². The molecule has 1 heterocycles. The van der Waals surface area contributed by atoms with Gasteiger partial charge in [0.15, 0.2) is 0 Å². The van der Waals surface area contributed by atoms with Gasteiger partial charge in [0.2, 0.25) is 0 Å². The molecule has 0 amide bonds. The van der Waals surface area contributed by atoms with E-state index in [1.807, 2.05) is 30.5 Å². The van der Waals surface area contributed by atoms with E-state index in [-0.39, 0.29) is 5.97 Å². The Hall–Kier alpha value is -1.94. The molecule has 0 fully saturated rings. The first-order chi connectivity index (χ1) is 10.6. The maximum absolute atomic E-state index is 12.2. The summed E-state index contributed by atoms with van der Waals surface area (Å²) >= 11 is 5.96. The molecule has 5 heteroatoms. The van der Waals surface area contributed by atoms with E-state index in [0.717, 1.165) is 29.9 Å². The first kappa shape index (κ1) is 16.4. The van der Waals surface area contributed by atoms with Gasteiger partial charge < -0.3 is 14.6 Å². The van der Waals surface area contributed by atoms with Gasteiger partial charge in [0.1, 0.15) is 5.69 Å². The van der Waals surface area contributed by atoms with Gasteiger partial charge in [-0.05, 0) is 38.5 Å². The molecule has 0 spiro atoms. The Morgan fingerprint density at radius 1 is 1.18 bits per heavy atom. The lowest BCUT2D eigenvalue weighted by atomic mass is 10.1. The molecule has 22 heavy (non-hydrogen) atoms. The quantitative estimate of drug-likeness (QED) is 0.804. The van der Waals surface area contributed by atoms with Gasteiger partial charge in [-0.2, -0.15) is 0 Å². The third kappa shape index (κ3) is 3.28. The number of aromatic amines is 1. The fraction of sp³-hybridized carbons (Fsp3) is 0.353. The minimum atomic E-state index is -0.329. The van der Waals surface area contributed by atoms with E-state index in [9.17, 15) is 4.79 Å². The van der Waals surface area contributed by atoms with Gasteiger partial charge in [0.05, 0.1) is 12.3 Å². The number of hydrogen-bond donors (Lipinski definition) is 1. The highest BCUT2D eigenvalue weighted by Gasteiger charge is 2.22. The van der Waals surface area contributed by atoms with E-state index in [1.165, 1.54) is 0 Å². The summed E-state index contributed by atoms with van der Waals surface area (Å²) in [6.07, 6.45) is 1.85. The van der Waals surface area contributed by atoms with E-state index in [1.54, 1.807) is 6.92 Å². The van der Waals surface area contributed by atoms with Crippen molar-refractivity contribution in [2.24, 2.45) is 0 Å². The number of hydrogen-bond acceptors (Lipinski definition) is 3. The predicted octanol–water partition coefficient (Wildman–Crippen LogP) is 4.36. The molecule has 0 bridgehead atoms. The molecule has 0 aliphatic carbocycles. The van der Waals surface area contributed by atoms with Crippen molar-refractivity contribution >= 4 is 23.3 Å². The Morgan fingerprint density at radius 2 is 1.82 bits per heavy atom. The van der Waals surface area contributed by atoms with Gasteiger partial charge in [0.25, 0.3) is 0 Å². The van der Waals surface area contributed by atoms with Crippen molar-refractivity contribution in [1.29, 1.82) is 0 Å². The van der Waals surface area contributed by atoms with Crippen molar-refractivity contribution in [3.63, 3.8) is 0 Å². The van der Waals surface area contributed by atoms with Crippen LogP contribution in [0.2, 0.25) is 5.02 Å². The van der Waals surface area contributed by atoms with Crippen LogP contribution in [0.3, 0.4) is 0 Å². The average Bonchev–Trinajstić information content (AvgIpc) is 2.94. The first-order valence-corrected chi connectivity index (χ1v) is 7.89. The number of nitrogens with one attached hydrogen (secondary N) is 1.